The van der Waals surface area contributed by atoms with Crippen LogP contribution in [0.2, 0.25) is 0 Å². The van der Waals surface area contributed by atoms with E-state index in [1.54, 1.807) is 0 Å². The normalized spacial score (nSPS) is 39.2. The van der Waals surface area contributed by atoms with Gasteiger partial charge in [-0.05, 0) is 13.5 Å². The lowest BCUT2D eigenvalue weighted by molar-refractivity contribution is -0.142. The summed E-state index contributed by atoms with van der Waals surface area (Å²) in [5.74, 6) is 0.673. The fourth-order valence-electron chi connectivity index (χ4n) is 2.69. The van der Waals surface area contributed by atoms with Gasteiger partial charge < -0.3 is 9.64 Å². The molecule has 13 heavy (non-hydrogen) atoms. The Morgan fingerprint density at radius 1 is 1.62 bits per heavy atom. The third kappa shape index (κ3) is 1.35. The first kappa shape index (κ1) is 9.00. The Labute approximate surface area is 79.0 Å². The second-order valence-electron chi connectivity index (χ2n) is 4.21. The van der Waals surface area contributed by atoms with Crippen LogP contribution in [-0.4, -0.2) is 37.1 Å². The molecule has 3 heteroatoms. The third-order valence-electron chi connectivity index (χ3n) is 3.31. The predicted molar refractivity (Wildman–Crippen MR) is 49.3 cm³/mol. The Balaban J connectivity index is 2.11. The van der Waals surface area contributed by atoms with Crippen LogP contribution >= 0.6 is 0 Å². The van der Waals surface area contributed by atoms with Crippen molar-refractivity contribution in [3.8, 4) is 0 Å². The molecule has 2 fully saturated rings. The van der Waals surface area contributed by atoms with E-state index in [0.29, 0.717) is 18.6 Å². The van der Waals surface area contributed by atoms with Crippen LogP contribution in [0, 0.1) is 11.8 Å². The number of fused-ring (bicyclic) bond motifs is 1. The zero-order valence-corrected chi connectivity index (χ0v) is 8.32. The zero-order valence-electron chi connectivity index (χ0n) is 8.32. The fourth-order valence-corrected chi connectivity index (χ4v) is 2.69. The minimum Gasteiger partial charge on any atom is -0.465 e. The van der Waals surface area contributed by atoms with E-state index in [0.717, 1.165) is 19.4 Å². The van der Waals surface area contributed by atoms with E-state index in [1.165, 1.54) is 0 Å². The molecule has 0 saturated carbocycles. The maximum Gasteiger partial charge on any atom is 0.311 e. The standard InChI is InChI=1S/C10H17NO2/c1-3-4-8-9-7(5-11(8)2)6-13-10(9)12/h7-9H,3-6H2,1-2H3. The minimum absolute atomic E-state index is 0.0350. The molecule has 3 atom stereocenters. The molecular formula is C10H17NO2. The van der Waals surface area contributed by atoms with Gasteiger partial charge in [0.2, 0.25) is 0 Å². The topological polar surface area (TPSA) is 29.5 Å². The predicted octanol–water partition coefficient (Wildman–Crippen LogP) is 0.890. The molecule has 0 spiro atoms. The quantitative estimate of drug-likeness (QED) is 0.595. The van der Waals surface area contributed by atoms with Crippen molar-refractivity contribution in [2.75, 3.05) is 20.2 Å². The van der Waals surface area contributed by atoms with Gasteiger partial charge in [0.15, 0.2) is 0 Å². The van der Waals surface area contributed by atoms with Gasteiger partial charge in [-0.1, -0.05) is 13.3 Å². The SMILES string of the molecule is CCCC1C2C(=O)OCC2CN1C. The van der Waals surface area contributed by atoms with Gasteiger partial charge in [-0.2, -0.15) is 0 Å². The van der Waals surface area contributed by atoms with Crippen molar-refractivity contribution in [2.45, 2.75) is 25.8 Å². The van der Waals surface area contributed by atoms with Crippen LogP contribution in [0.4, 0.5) is 0 Å². The van der Waals surface area contributed by atoms with Crippen LogP contribution in [0.1, 0.15) is 19.8 Å². The van der Waals surface area contributed by atoms with E-state index in [9.17, 15) is 4.79 Å². The number of ether oxygens (including phenoxy) is 1. The Kier molecular flexibility index (Phi) is 2.28. The van der Waals surface area contributed by atoms with Gasteiger partial charge >= 0.3 is 5.97 Å². The van der Waals surface area contributed by atoms with Crippen molar-refractivity contribution < 1.29 is 9.53 Å². The van der Waals surface area contributed by atoms with Crippen molar-refractivity contribution in [3.63, 3.8) is 0 Å². The summed E-state index contributed by atoms with van der Waals surface area (Å²) in [6, 6.07) is 0.435. The Hall–Kier alpha value is -0.570. The molecule has 0 N–H and O–H groups in total. The average molecular weight is 183 g/mol. The van der Waals surface area contributed by atoms with Crippen LogP contribution < -0.4 is 0 Å². The summed E-state index contributed by atoms with van der Waals surface area (Å²) < 4.78 is 5.08. The van der Waals surface area contributed by atoms with Crippen molar-refractivity contribution >= 4 is 5.97 Å². The molecule has 2 saturated heterocycles. The largest absolute Gasteiger partial charge is 0.465 e. The highest BCUT2D eigenvalue weighted by atomic mass is 16.5. The number of carbonyl (C=O) groups is 1. The lowest BCUT2D eigenvalue weighted by Crippen LogP contribution is -2.32. The molecule has 2 heterocycles. The number of rotatable bonds is 2. The molecule has 3 unspecified atom stereocenters. The molecular weight excluding hydrogens is 166 g/mol. The van der Waals surface area contributed by atoms with Gasteiger partial charge in [-0.15, -0.1) is 0 Å². The molecule has 0 aromatic heterocycles. The summed E-state index contributed by atoms with van der Waals surface area (Å²) >= 11 is 0. The van der Waals surface area contributed by atoms with Gasteiger partial charge in [0.25, 0.3) is 0 Å². The first-order valence-corrected chi connectivity index (χ1v) is 5.11. The highest BCUT2D eigenvalue weighted by molar-refractivity contribution is 5.76. The number of cyclic esters (lactones) is 1. The molecule has 0 bridgehead atoms. The van der Waals surface area contributed by atoms with Gasteiger partial charge in [0.05, 0.1) is 12.5 Å². The summed E-state index contributed by atoms with van der Waals surface area (Å²) in [4.78, 5) is 13.8. The maximum atomic E-state index is 11.4. The summed E-state index contributed by atoms with van der Waals surface area (Å²) in [5.41, 5.74) is 0. The second kappa shape index (κ2) is 3.29. The van der Waals surface area contributed by atoms with Crippen LogP contribution in [0.15, 0.2) is 0 Å². The molecule has 0 aromatic carbocycles. The lowest BCUT2D eigenvalue weighted by Gasteiger charge is -2.21. The van der Waals surface area contributed by atoms with Crippen LogP contribution in [-0.2, 0) is 9.53 Å². The Bertz CT molecular complexity index is 217. The van der Waals surface area contributed by atoms with E-state index in [1.807, 2.05) is 0 Å². The highest BCUT2D eigenvalue weighted by Crippen LogP contribution is 2.36. The summed E-state index contributed by atoms with van der Waals surface area (Å²) in [7, 11) is 2.12. The number of hydrogen-bond acceptors (Lipinski definition) is 3. The molecule has 2 aliphatic rings. The van der Waals surface area contributed by atoms with Gasteiger partial charge in [0, 0.05) is 18.5 Å². The van der Waals surface area contributed by atoms with Crippen molar-refractivity contribution in [3.05, 3.63) is 0 Å². The molecule has 74 valence electrons. The summed E-state index contributed by atoms with van der Waals surface area (Å²) in [5, 5.41) is 0. The van der Waals surface area contributed by atoms with Crippen LogP contribution in [0.5, 0.6) is 0 Å². The first-order valence-electron chi connectivity index (χ1n) is 5.11. The van der Waals surface area contributed by atoms with Gasteiger partial charge in [-0.3, -0.25) is 4.79 Å². The molecule has 2 aliphatic heterocycles. The smallest absolute Gasteiger partial charge is 0.311 e. The number of hydrogen-bond donors (Lipinski definition) is 0. The minimum atomic E-state index is 0.0350. The molecule has 0 radical (unpaired) electrons. The zero-order chi connectivity index (χ0) is 9.42. The monoisotopic (exact) mass is 183 g/mol. The van der Waals surface area contributed by atoms with Crippen molar-refractivity contribution in [1.29, 1.82) is 0 Å². The Morgan fingerprint density at radius 2 is 2.38 bits per heavy atom. The number of carbonyl (C=O) groups excluding carboxylic acids is 1. The lowest BCUT2D eigenvalue weighted by atomic mass is 9.91. The Morgan fingerprint density at radius 3 is 3.08 bits per heavy atom. The van der Waals surface area contributed by atoms with E-state index in [2.05, 4.69) is 18.9 Å². The molecule has 2 rings (SSSR count). The fraction of sp³-hybridized carbons (Fsp3) is 0.900. The van der Waals surface area contributed by atoms with E-state index < -0.39 is 0 Å². The number of esters is 1. The molecule has 0 amide bonds. The van der Waals surface area contributed by atoms with E-state index in [-0.39, 0.29) is 11.9 Å². The molecule has 0 aromatic rings. The third-order valence-corrected chi connectivity index (χ3v) is 3.31. The van der Waals surface area contributed by atoms with Crippen molar-refractivity contribution in [1.82, 2.24) is 4.90 Å². The second-order valence-corrected chi connectivity index (χ2v) is 4.21. The van der Waals surface area contributed by atoms with Gasteiger partial charge in [-0.25, -0.2) is 0 Å². The summed E-state index contributed by atoms with van der Waals surface area (Å²) in [6.07, 6.45) is 2.26. The van der Waals surface area contributed by atoms with Gasteiger partial charge in [0.1, 0.15) is 0 Å². The summed E-state index contributed by atoms with van der Waals surface area (Å²) in [6.45, 7) is 3.84. The molecule has 3 nitrogen and oxygen atoms in total. The van der Waals surface area contributed by atoms with Crippen LogP contribution in [0.3, 0.4) is 0 Å². The highest BCUT2D eigenvalue weighted by Gasteiger charge is 2.48. The van der Waals surface area contributed by atoms with Crippen LogP contribution in [0.25, 0.3) is 0 Å². The first-order chi connectivity index (χ1) is 6.24. The molecule has 0 aliphatic carbocycles. The number of nitrogens with zero attached hydrogens (tertiary/aromatic N) is 1. The average Bonchev–Trinajstić information content (AvgIpc) is 2.57. The maximum absolute atomic E-state index is 11.4. The van der Waals surface area contributed by atoms with E-state index >= 15 is 0 Å². The number of likely N-dealkylation sites (tertiary alicyclic amines) is 1. The van der Waals surface area contributed by atoms with Crippen molar-refractivity contribution in [2.24, 2.45) is 11.8 Å². The van der Waals surface area contributed by atoms with E-state index in [4.69, 9.17) is 4.74 Å².